The van der Waals surface area contributed by atoms with Gasteiger partial charge in [0, 0.05) is 16.3 Å². The molecule has 10 heteroatoms. The molecule has 1 aliphatic rings. The number of benzene rings is 3. The van der Waals surface area contributed by atoms with Crippen molar-refractivity contribution in [3.63, 3.8) is 0 Å². The van der Waals surface area contributed by atoms with Gasteiger partial charge in [-0.2, -0.15) is 0 Å². The predicted octanol–water partition coefficient (Wildman–Crippen LogP) is 8.59. The Labute approximate surface area is 270 Å². The van der Waals surface area contributed by atoms with Gasteiger partial charge in [0.05, 0.1) is 18.2 Å². The van der Waals surface area contributed by atoms with Gasteiger partial charge in [-0.05, 0) is 58.9 Å². The number of carbonyl (C=O) groups excluding carboxylic acids is 2. The highest BCUT2D eigenvalue weighted by Gasteiger charge is 2.48. The quantitative estimate of drug-likeness (QED) is 0.0460. The number of aliphatic hydroxyl groups is 1. The molecule has 1 N–H and O–H groups in total. The topological polar surface area (TPSA) is 92.6 Å². The Morgan fingerprint density at radius 2 is 1.73 bits per heavy atom. The van der Waals surface area contributed by atoms with Gasteiger partial charge >= 0.3 is 5.91 Å². The minimum atomic E-state index is -0.890. The van der Waals surface area contributed by atoms with Crippen LogP contribution in [0.5, 0.6) is 5.75 Å². The molecule has 0 bridgehead atoms. The maximum absolute atomic E-state index is 13.6. The van der Waals surface area contributed by atoms with Gasteiger partial charge in [0.25, 0.3) is 5.78 Å². The van der Waals surface area contributed by atoms with E-state index in [0.717, 1.165) is 24.0 Å². The molecule has 4 aromatic rings. The predicted molar refractivity (Wildman–Crippen MR) is 178 cm³/mol. The first kappa shape index (κ1) is 31.8. The molecule has 0 unspecified atom stereocenters. The van der Waals surface area contributed by atoms with E-state index < -0.39 is 17.7 Å². The van der Waals surface area contributed by atoms with E-state index in [1.807, 2.05) is 48.5 Å². The third-order valence-corrected chi connectivity index (χ3v) is 9.82. The van der Waals surface area contributed by atoms with Gasteiger partial charge in [-0.1, -0.05) is 111 Å². The number of hydrogen-bond donors (Lipinski definition) is 1. The zero-order valence-electron chi connectivity index (χ0n) is 25.0. The monoisotopic (exact) mass is 647 g/mol. The Balaban J connectivity index is 1.52. The second kappa shape index (κ2) is 13.5. The molecule has 0 radical (unpaired) electrons. The van der Waals surface area contributed by atoms with Gasteiger partial charge in [0.1, 0.15) is 11.5 Å². The van der Waals surface area contributed by atoms with E-state index in [0.29, 0.717) is 38.6 Å². The van der Waals surface area contributed by atoms with Crippen LogP contribution >= 0.6 is 34.7 Å². The van der Waals surface area contributed by atoms with Crippen LogP contribution in [0.25, 0.3) is 5.76 Å². The summed E-state index contributed by atoms with van der Waals surface area (Å²) in [6, 6.07) is 21.3. The molecule has 2 heterocycles. The number of unbranched alkanes of at least 4 members (excludes halogenated alkanes) is 1. The van der Waals surface area contributed by atoms with E-state index in [1.54, 1.807) is 24.3 Å². The number of halogens is 1. The average molecular weight is 648 g/mol. The van der Waals surface area contributed by atoms with E-state index in [2.05, 4.69) is 37.9 Å². The van der Waals surface area contributed by atoms with E-state index in [4.69, 9.17) is 16.3 Å². The normalized spacial score (nSPS) is 16.5. The van der Waals surface area contributed by atoms with Crippen molar-refractivity contribution in [1.29, 1.82) is 0 Å². The average Bonchev–Trinajstić information content (AvgIpc) is 3.58. The first-order chi connectivity index (χ1) is 21.1. The van der Waals surface area contributed by atoms with Crippen molar-refractivity contribution in [2.45, 2.75) is 62.1 Å². The Kier molecular flexibility index (Phi) is 9.78. The number of hydrogen-bond acceptors (Lipinski definition) is 8. The molecule has 1 aliphatic heterocycles. The molecule has 228 valence electrons. The highest BCUT2D eigenvalue weighted by molar-refractivity contribution is 8.00. The Hall–Kier alpha value is -3.66. The molecule has 1 amide bonds. The number of thioether (sulfide) groups is 1. The number of rotatable bonds is 10. The van der Waals surface area contributed by atoms with E-state index >= 15 is 0 Å². The summed E-state index contributed by atoms with van der Waals surface area (Å²) >= 11 is 8.99. The molecule has 1 aromatic heterocycles. The number of carbonyl (C=O) groups is 2. The van der Waals surface area contributed by atoms with Gasteiger partial charge < -0.3 is 9.84 Å². The Morgan fingerprint density at radius 1 is 1.02 bits per heavy atom. The van der Waals surface area contributed by atoms with Crippen LogP contribution in [0.1, 0.15) is 68.8 Å². The second-order valence-electron chi connectivity index (χ2n) is 11.5. The summed E-state index contributed by atoms with van der Waals surface area (Å²) in [4.78, 5) is 28.6. The first-order valence-corrected chi connectivity index (χ1v) is 16.6. The summed E-state index contributed by atoms with van der Waals surface area (Å²) in [6.45, 7) is 9.04. The maximum Gasteiger partial charge on any atom is 0.301 e. The Bertz CT molecular complexity index is 1680. The number of Topliss-reactive ketones (excluding diaryl/α,β-unsaturated/α-hetero) is 1. The van der Waals surface area contributed by atoms with Crippen LogP contribution in [0, 0.1) is 0 Å². The fraction of sp³-hybridized carbons (Fsp3) is 0.294. The standard InChI is InChI=1S/C34H34ClN3O4S2/c1-5-6-19-42-25-17-13-22(14-18-25)29(39)27-28(21-11-15-24(16-12-21)34(2,3)4)38(31(41)30(27)40)32-36-37-33(44-32)43-20-23-9-7-8-10-26(23)35/h7-18,28,39H,5-6,19-20H2,1-4H3/t28-/m0/s1. The van der Waals surface area contributed by atoms with Crippen LogP contribution in [-0.4, -0.2) is 33.6 Å². The van der Waals surface area contributed by atoms with Crippen LogP contribution in [0.3, 0.4) is 0 Å². The van der Waals surface area contributed by atoms with Crippen LogP contribution in [-0.2, 0) is 20.8 Å². The molecule has 1 atom stereocenters. The highest BCUT2D eigenvalue weighted by Crippen LogP contribution is 2.44. The molecule has 5 rings (SSSR count). The van der Waals surface area contributed by atoms with Gasteiger partial charge in [-0.3, -0.25) is 14.5 Å². The fourth-order valence-electron chi connectivity index (χ4n) is 4.82. The molecule has 0 aliphatic carbocycles. The van der Waals surface area contributed by atoms with Crippen LogP contribution in [0.4, 0.5) is 5.13 Å². The molecule has 1 fully saturated rings. The van der Waals surface area contributed by atoms with E-state index in [-0.39, 0.29) is 21.9 Å². The third-order valence-electron chi connectivity index (χ3n) is 7.34. The largest absolute Gasteiger partial charge is 0.507 e. The third kappa shape index (κ3) is 6.85. The van der Waals surface area contributed by atoms with Crippen LogP contribution in [0.15, 0.2) is 82.7 Å². The number of amides is 1. The van der Waals surface area contributed by atoms with Crippen molar-refractivity contribution in [2.75, 3.05) is 11.5 Å². The number of aromatic nitrogens is 2. The summed E-state index contributed by atoms with van der Waals surface area (Å²) < 4.78 is 6.38. The van der Waals surface area contributed by atoms with Gasteiger partial charge in [-0.25, -0.2) is 0 Å². The van der Waals surface area contributed by atoms with Gasteiger partial charge in [0.15, 0.2) is 4.34 Å². The number of ether oxygens (including phenoxy) is 1. The van der Waals surface area contributed by atoms with E-state index in [1.165, 1.54) is 28.0 Å². The second-order valence-corrected chi connectivity index (χ2v) is 14.1. The van der Waals surface area contributed by atoms with Crippen molar-refractivity contribution in [3.8, 4) is 5.75 Å². The molecule has 1 saturated heterocycles. The number of aliphatic hydroxyl groups excluding tert-OH is 1. The zero-order chi connectivity index (χ0) is 31.4. The fourth-order valence-corrected chi connectivity index (χ4v) is 6.98. The number of ketones is 1. The minimum absolute atomic E-state index is 0.00127. The summed E-state index contributed by atoms with van der Waals surface area (Å²) in [6.07, 6.45) is 1.96. The molecule has 7 nitrogen and oxygen atoms in total. The van der Waals surface area contributed by atoms with Crippen molar-refractivity contribution < 1.29 is 19.4 Å². The summed E-state index contributed by atoms with van der Waals surface area (Å²) in [7, 11) is 0. The van der Waals surface area contributed by atoms with Crippen molar-refractivity contribution in [1.82, 2.24) is 10.2 Å². The lowest BCUT2D eigenvalue weighted by molar-refractivity contribution is -0.132. The summed E-state index contributed by atoms with van der Waals surface area (Å²) in [5.41, 5.74) is 3.06. The first-order valence-electron chi connectivity index (χ1n) is 14.4. The molecule has 0 saturated carbocycles. The van der Waals surface area contributed by atoms with E-state index in [9.17, 15) is 14.7 Å². The minimum Gasteiger partial charge on any atom is -0.507 e. The Morgan fingerprint density at radius 3 is 2.39 bits per heavy atom. The van der Waals surface area contributed by atoms with Crippen molar-refractivity contribution in [2.24, 2.45) is 0 Å². The van der Waals surface area contributed by atoms with Crippen LogP contribution in [0.2, 0.25) is 5.02 Å². The lowest BCUT2D eigenvalue weighted by Gasteiger charge is -2.24. The van der Waals surface area contributed by atoms with Crippen LogP contribution < -0.4 is 9.64 Å². The van der Waals surface area contributed by atoms with Gasteiger partial charge in [-0.15, -0.1) is 10.2 Å². The zero-order valence-corrected chi connectivity index (χ0v) is 27.4. The molecule has 3 aromatic carbocycles. The number of anilines is 1. The van der Waals surface area contributed by atoms with Gasteiger partial charge in [0.2, 0.25) is 5.13 Å². The van der Waals surface area contributed by atoms with Crippen molar-refractivity contribution in [3.05, 3.63) is 106 Å². The molecular formula is C34H34ClN3O4S2. The smallest absolute Gasteiger partial charge is 0.301 e. The number of nitrogens with zero attached hydrogens (tertiary/aromatic N) is 3. The summed E-state index contributed by atoms with van der Waals surface area (Å²) in [5, 5.41) is 21.1. The highest BCUT2D eigenvalue weighted by atomic mass is 35.5. The molecule has 44 heavy (non-hydrogen) atoms. The molecule has 0 spiro atoms. The lowest BCUT2D eigenvalue weighted by atomic mass is 9.85. The maximum atomic E-state index is 13.6. The van der Waals surface area contributed by atoms with Crippen molar-refractivity contribution >= 4 is 57.3 Å². The summed E-state index contributed by atoms with van der Waals surface area (Å²) in [5.74, 6) is -0.566. The SMILES string of the molecule is CCCCOc1ccc(C(O)=C2C(=O)C(=O)N(c3nnc(SCc4ccccc4Cl)s3)[C@H]2c2ccc(C(C)(C)C)cc2)cc1. The molecular weight excluding hydrogens is 614 g/mol. The lowest BCUT2D eigenvalue weighted by Crippen LogP contribution is -2.29.